The number of Topliss-reactive ketones (excluding diaryl/α,β-unsaturated/α-hetero) is 1. The molecular formula is C15H20N4O. The molecule has 3 aliphatic heterocycles. The number of nitrogens with zero attached hydrogens (tertiary/aromatic N) is 4. The van der Waals surface area contributed by atoms with Crippen LogP contribution in [-0.4, -0.2) is 58.3 Å². The highest BCUT2D eigenvalue weighted by molar-refractivity contribution is 5.97. The van der Waals surface area contributed by atoms with Crippen molar-refractivity contribution < 1.29 is 4.79 Å². The minimum Gasteiger partial charge on any atom is -0.299 e. The van der Waals surface area contributed by atoms with Gasteiger partial charge in [0, 0.05) is 45.3 Å². The van der Waals surface area contributed by atoms with Crippen LogP contribution < -0.4 is 0 Å². The number of aromatic nitrogens is 2. The summed E-state index contributed by atoms with van der Waals surface area (Å²) in [5.74, 6) is 1.14. The first-order chi connectivity index (χ1) is 9.81. The van der Waals surface area contributed by atoms with Crippen molar-refractivity contribution in [1.29, 1.82) is 0 Å². The highest BCUT2D eigenvalue weighted by atomic mass is 16.1. The summed E-state index contributed by atoms with van der Waals surface area (Å²) in [5, 5.41) is 0. The van der Waals surface area contributed by atoms with Gasteiger partial charge in [0.15, 0.2) is 5.78 Å². The lowest BCUT2D eigenvalue weighted by molar-refractivity contribution is 0.00854. The van der Waals surface area contributed by atoms with Crippen LogP contribution in [0.25, 0.3) is 0 Å². The summed E-state index contributed by atoms with van der Waals surface area (Å²) in [6, 6.07) is 0.321. The number of hydrogen-bond acceptors (Lipinski definition) is 5. The maximum atomic E-state index is 12.0. The fourth-order valence-electron chi connectivity index (χ4n) is 3.59. The van der Waals surface area contributed by atoms with Crippen LogP contribution in [0.4, 0.5) is 0 Å². The van der Waals surface area contributed by atoms with Gasteiger partial charge in [0.05, 0.1) is 17.3 Å². The second kappa shape index (κ2) is 4.90. The Kier molecular flexibility index (Phi) is 3.04. The van der Waals surface area contributed by atoms with E-state index in [1.807, 2.05) is 0 Å². The molecule has 0 amide bonds. The van der Waals surface area contributed by atoms with E-state index in [1.54, 1.807) is 6.20 Å². The molecule has 4 aliphatic rings. The van der Waals surface area contributed by atoms with Gasteiger partial charge in [-0.3, -0.25) is 14.6 Å². The summed E-state index contributed by atoms with van der Waals surface area (Å²) >= 11 is 0. The first-order valence-electron chi connectivity index (χ1n) is 7.67. The Morgan fingerprint density at radius 2 is 1.90 bits per heavy atom. The SMILES string of the molecule is O=C1CCCCc2nc(C3CN4CCN3CC4)ncc21. The van der Waals surface area contributed by atoms with Gasteiger partial charge in [0.2, 0.25) is 0 Å². The van der Waals surface area contributed by atoms with Crippen molar-refractivity contribution in [1.82, 2.24) is 19.8 Å². The molecule has 1 atom stereocenters. The summed E-state index contributed by atoms with van der Waals surface area (Å²) < 4.78 is 0. The molecule has 4 heterocycles. The van der Waals surface area contributed by atoms with Crippen LogP contribution in [0.1, 0.15) is 47.2 Å². The Labute approximate surface area is 119 Å². The normalized spacial score (nSPS) is 32.8. The van der Waals surface area contributed by atoms with E-state index in [-0.39, 0.29) is 5.78 Å². The Hall–Kier alpha value is -1.33. The minimum atomic E-state index is 0.221. The van der Waals surface area contributed by atoms with E-state index < -0.39 is 0 Å². The molecule has 20 heavy (non-hydrogen) atoms. The monoisotopic (exact) mass is 272 g/mol. The summed E-state index contributed by atoms with van der Waals surface area (Å²) in [6.45, 7) is 5.60. The zero-order chi connectivity index (χ0) is 13.5. The highest BCUT2D eigenvalue weighted by Gasteiger charge is 2.35. The number of rotatable bonds is 1. The van der Waals surface area contributed by atoms with Crippen LogP contribution in [0.3, 0.4) is 0 Å². The fourth-order valence-corrected chi connectivity index (χ4v) is 3.59. The Morgan fingerprint density at radius 3 is 2.65 bits per heavy atom. The molecule has 5 rings (SSSR count). The lowest BCUT2D eigenvalue weighted by Crippen LogP contribution is -2.57. The molecule has 2 bridgehead atoms. The second-order valence-electron chi connectivity index (χ2n) is 6.07. The van der Waals surface area contributed by atoms with Gasteiger partial charge in [-0.15, -0.1) is 0 Å². The standard InChI is InChI=1S/C15H20N4O/c20-14-4-2-1-3-12-11(14)9-16-15(17-12)13-10-18-5-7-19(13)8-6-18/h9,13H,1-8,10H2. The van der Waals surface area contributed by atoms with Crippen molar-refractivity contribution in [3.05, 3.63) is 23.3 Å². The molecule has 0 aromatic carbocycles. The average Bonchev–Trinajstić information content (AvgIpc) is 2.70. The molecule has 1 aromatic heterocycles. The van der Waals surface area contributed by atoms with Gasteiger partial charge in [-0.05, 0) is 19.3 Å². The van der Waals surface area contributed by atoms with Crippen molar-refractivity contribution >= 4 is 5.78 Å². The van der Waals surface area contributed by atoms with E-state index in [4.69, 9.17) is 4.98 Å². The van der Waals surface area contributed by atoms with Gasteiger partial charge in [0.1, 0.15) is 5.82 Å². The van der Waals surface area contributed by atoms with Gasteiger partial charge in [0.25, 0.3) is 0 Å². The lowest BCUT2D eigenvalue weighted by Gasteiger charge is -2.46. The van der Waals surface area contributed by atoms with E-state index in [0.717, 1.165) is 56.0 Å². The maximum absolute atomic E-state index is 12.0. The van der Waals surface area contributed by atoms with E-state index in [9.17, 15) is 4.79 Å². The molecule has 0 spiro atoms. The summed E-state index contributed by atoms with van der Waals surface area (Å²) in [5.41, 5.74) is 1.75. The van der Waals surface area contributed by atoms with Crippen molar-refractivity contribution in [2.45, 2.75) is 31.7 Å². The average molecular weight is 272 g/mol. The zero-order valence-electron chi connectivity index (χ0n) is 11.7. The molecule has 1 aromatic rings. The van der Waals surface area contributed by atoms with Crippen LogP contribution >= 0.6 is 0 Å². The van der Waals surface area contributed by atoms with Gasteiger partial charge in [-0.1, -0.05) is 0 Å². The third kappa shape index (κ3) is 2.05. The van der Waals surface area contributed by atoms with Gasteiger partial charge in [-0.2, -0.15) is 0 Å². The number of aryl methyl sites for hydroxylation is 1. The van der Waals surface area contributed by atoms with Crippen LogP contribution in [-0.2, 0) is 6.42 Å². The zero-order valence-corrected chi connectivity index (χ0v) is 11.7. The summed E-state index contributed by atoms with van der Waals surface area (Å²) in [7, 11) is 0. The first-order valence-corrected chi connectivity index (χ1v) is 7.67. The number of carbonyl (C=O) groups is 1. The molecule has 1 unspecified atom stereocenters. The molecule has 5 nitrogen and oxygen atoms in total. The van der Waals surface area contributed by atoms with E-state index >= 15 is 0 Å². The molecule has 3 fully saturated rings. The van der Waals surface area contributed by atoms with Gasteiger partial charge in [-0.25, -0.2) is 9.97 Å². The third-order valence-corrected chi connectivity index (χ3v) is 4.83. The molecule has 1 aliphatic carbocycles. The quantitative estimate of drug-likeness (QED) is 0.715. The molecular weight excluding hydrogens is 252 g/mol. The molecule has 3 saturated heterocycles. The van der Waals surface area contributed by atoms with Crippen molar-refractivity contribution in [2.75, 3.05) is 32.7 Å². The Bertz CT molecular complexity index is 537. The third-order valence-electron chi connectivity index (χ3n) is 4.83. The number of carbonyl (C=O) groups excluding carboxylic acids is 1. The predicted octanol–water partition coefficient (Wildman–Crippen LogP) is 1.06. The Balaban J connectivity index is 1.66. The largest absolute Gasteiger partial charge is 0.299 e. The molecule has 0 N–H and O–H groups in total. The summed E-state index contributed by atoms with van der Waals surface area (Å²) in [6.07, 6.45) is 5.40. The van der Waals surface area contributed by atoms with Crippen LogP contribution in [0.5, 0.6) is 0 Å². The van der Waals surface area contributed by atoms with Gasteiger partial charge < -0.3 is 0 Å². The van der Waals surface area contributed by atoms with Crippen LogP contribution in [0, 0.1) is 0 Å². The van der Waals surface area contributed by atoms with Crippen LogP contribution in [0.15, 0.2) is 6.20 Å². The molecule has 106 valence electrons. The van der Waals surface area contributed by atoms with E-state index in [2.05, 4.69) is 14.8 Å². The molecule has 5 heteroatoms. The number of piperazine rings is 3. The Morgan fingerprint density at radius 1 is 1.10 bits per heavy atom. The van der Waals surface area contributed by atoms with E-state index in [1.165, 1.54) is 13.1 Å². The second-order valence-corrected chi connectivity index (χ2v) is 6.07. The van der Waals surface area contributed by atoms with Crippen molar-refractivity contribution in [3.63, 3.8) is 0 Å². The van der Waals surface area contributed by atoms with Crippen molar-refractivity contribution in [3.8, 4) is 0 Å². The van der Waals surface area contributed by atoms with Gasteiger partial charge >= 0.3 is 0 Å². The maximum Gasteiger partial charge on any atom is 0.166 e. The topological polar surface area (TPSA) is 49.3 Å². The highest BCUT2D eigenvalue weighted by Crippen LogP contribution is 2.28. The first kappa shape index (κ1) is 12.4. The fraction of sp³-hybridized carbons (Fsp3) is 0.667. The minimum absolute atomic E-state index is 0.221. The number of fused-ring (bicyclic) bond motifs is 4. The molecule has 0 radical (unpaired) electrons. The predicted molar refractivity (Wildman–Crippen MR) is 74.7 cm³/mol. The smallest absolute Gasteiger partial charge is 0.166 e. The number of ketones is 1. The molecule has 0 saturated carbocycles. The summed E-state index contributed by atoms with van der Waals surface area (Å²) in [4.78, 5) is 26.3. The number of hydrogen-bond donors (Lipinski definition) is 0. The van der Waals surface area contributed by atoms with E-state index in [0.29, 0.717) is 12.5 Å². The lowest BCUT2D eigenvalue weighted by atomic mass is 10.1. The van der Waals surface area contributed by atoms with Crippen LogP contribution in [0.2, 0.25) is 0 Å². The van der Waals surface area contributed by atoms with Crippen molar-refractivity contribution in [2.24, 2.45) is 0 Å².